The quantitative estimate of drug-likeness (QED) is 0.710. The Kier molecular flexibility index (Phi) is 2.81. The zero-order chi connectivity index (χ0) is 14.2. The van der Waals surface area contributed by atoms with Crippen LogP contribution in [0, 0.1) is 5.82 Å². The fourth-order valence-electron chi connectivity index (χ4n) is 2.83. The second-order valence-electron chi connectivity index (χ2n) is 5.20. The summed E-state index contributed by atoms with van der Waals surface area (Å²) in [5, 5.41) is 0.581. The summed E-state index contributed by atoms with van der Waals surface area (Å²) < 4.78 is 19.6. The zero-order valence-corrected chi connectivity index (χ0v) is 11.3. The van der Waals surface area contributed by atoms with Gasteiger partial charge < -0.3 is 4.74 Å². The van der Waals surface area contributed by atoms with Crippen LogP contribution < -0.4 is 4.74 Å². The molecule has 0 spiro atoms. The average molecular weight is 280 g/mol. The van der Waals surface area contributed by atoms with Gasteiger partial charge in [-0.05, 0) is 54.7 Å². The lowest BCUT2D eigenvalue weighted by atomic mass is 10.1. The fourth-order valence-corrected chi connectivity index (χ4v) is 2.83. The molecule has 0 N–H and O–H groups in total. The molecule has 4 rings (SSSR count). The summed E-state index contributed by atoms with van der Waals surface area (Å²) in [6.07, 6.45) is 4.75. The minimum atomic E-state index is -0.367. The molecule has 1 aromatic heterocycles. The zero-order valence-electron chi connectivity index (χ0n) is 11.3. The monoisotopic (exact) mass is 280 g/mol. The summed E-state index contributed by atoms with van der Waals surface area (Å²) in [5.74, 6) is 0.756. The molecule has 1 aliphatic rings. The van der Waals surface area contributed by atoms with Crippen molar-refractivity contribution in [2.75, 3.05) is 0 Å². The molecule has 0 amide bonds. The van der Waals surface area contributed by atoms with E-state index in [1.165, 1.54) is 29.9 Å². The van der Waals surface area contributed by atoms with Gasteiger partial charge in [0.15, 0.2) is 0 Å². The Labute approximate surface area is 121 Å². The third-order valence-electron chi connectivity index (χ3n) is 3.86. The van der Waals surface area contributed by atoms with Crippen LogP contribution in [0.5, 0.6) is 11.6 Å². The van der Waals surface area contributed by atoms with E-state index in [-0.39, 0.29) is 11.3 Å². The topological polar surface area (TPSA) is 35.0 Å². The number of hydrogen-bond donors (Lipinski definition) is 0. The molecule has 3 aromatic rings. The molecule has 0 fully saturated rings. The lowest BCUT2D eigenvalue weighted by Gasteiger charge is -2.09. The van der Waals surface area contributed by atoms with Crippen LogP contribution in [0.25, 0.3) is 10.9 Å². The SMILES string of the molecule is Fc1cccc2c(Oc3ccc4c(c3)CCC4)ncnc12. The van der Waals surface area contributed by atoms with Crippen molar-refractivity contribution in [1.29, 1.82) is 0 Å². The van der Waals surface area contributed by atoms with Gasteiger partial charge in [-0.15, -0.1) is 0 Å². The van der Waals surface area contributed by atoms with E-state index in [0.29, 0.717) is 11.3 Å². The molecule has 2 aromatic carbocycles. The number of halogens is 1. The molecular weight excluding hydrogens is 267 g/mol. The highest BCUT2D eigenvalue weighted by Gasteiger charge is 2.13. The van der Waals surface area contributed by atoms with E-state index in [2.05, 4.69) is 22.1 Å². The highest BCUT2D eigenvalue weighted by atomic mass is 19.1. The van der Waals surface area contributed by atoms with Crippen molar-refractivity contribution < 1.29 is 9.13 Å². The van der Waals surface area contributed by atoms with Crippen molar-refractivity contribution in [3.05, 3.63) is 59.7 Å². The first-order valence-electron chi connectivity index (χ1n) is 7.00. The smallest absolute Gasteiger partial charge is 0.230 e. The first-order chi connectivity index (χ1) is 10.3. The number of para-hydroxylation sites is 1. The number of aromatic nitrogens is 2. The molecule has 1 heterocycles. The van der Waals surface area contributed by atoms with Gasteiger partial charge in [-0.1, -0.05) is 12.1 Å². The van der Waals surface area contributed by atoms with E-state index < -0.39 is 0 Å². The third kappa shape index (κ3) is 2.13. The van der Waals surface area contributed by atoms with Crippen LogP contribution in [0.3, 0.4) is 0 Å². The summed E-state index contributed by atoms with van der Waals surface area (Å²) in [4.78, 5) is 8.11. The normalized spacial score (nSPS) is 13.4. The Morgan fingerprint density at radius 2 is 1.90 bits per heavy atom. The number of fused-ring (bicyclic) bond motifs is 2. The maximum atomic E-state index is 13.7. The van der Waals surface area contributed by atoms with E-state index in [9.17, 15) is 4.39 Å². The number of ether oxygens (including phenoxy) is 1. The summed E-state index contributed by atoms with van der Waals surface area (Å²) in [6.45, 7) is 0. The molecule has 0 unspecified atom stereocenters. The van der Waals surface area contributed by atoms with Crippen LogP contribution in [0.4, 0.5) is 4.39 Å². The predicted octanol–water partition coefficient (Wildman–Crippen LogP) is 4.05. The van der Waals surface area contributed by atoms with Gasteiger partial charge in [-0.2, -0.15) is 0 Å². The number of benzene rings is 2. The Bertz CT molecular complexity index is 832. The number of hydrogen-bond acceptors (Lipinski definition) is 3. The highest BCUT2D eigenvalue weighted by molar-refractivity contribution is 5.83. The van der Waals surface area contributed by atoms with E-state index in [0.717, 1.165) is 18.6 Å². The standard InChI is InChI=1S/C17H13FN2O/c18-15-6-2-5-14-16(15)19-10-20-17(14)21-13-8-7-11-3-1-4-12(11)9-13/h2,5-10H,1,3-4H2. The van der Waals surface area contributed by atoms with Gasteiger partial charge in [0.1, 0.15) is 23.4 Å². The average Bonchev–Trinajstić information content (AvgIpc) is 2.96. The minimum absolute atomic E-state index is 0.281. The summed E-state index contributed by atoms with van der Waals surface area (Å²) in [6, 6.07) is 10.9. The van der Waals surface area contributed by atoms with Crippen LogP contribution in [-0.4, -0.2) is 9.97 Å². The van der Waals surface area contributed by atoms with Crippen molar-refractivity contribution in [3.8, 4) is 11.6 Å². The van der Waals surface area contributed by atoms with E-state index in [1.807, 2.05) is 6.07 Å². The van der Waals surface area contributed by atoms with Crippen molar-refractivity contribution in [3.63, 3.8) is 0 Å². The molecule has 0 saturated carbocycles. The molecule has 1 aliphatic carbocycles. The molecule has 104 valence electrons. The first kappa shape index (κ1) is 12.3. The molecule has 0 atom stereocenters. The van der Waals surface area contributed by atoms with Crippen molar-refractivity contribution in [1.82, 2.24) is 9.97 Å². The van der Waals surface area contributed by atoms with Crippen LogP contribution >= 0.6 is 0 Å². The third-order valence-corrected chi connectivity index (χ3v) is 3.86. The van der Waals surface area contributed by atoms with Crippen LogP contribution in [0.2, 0.25) is 0 Å². The molecule has 0 radical (unpaired) electrons. The van der Waals surface area contributed by atoms with E-state index >= 15 is 0 Å². The van der Waals surface area contributed by atoms with Gasteiger partial charge in [0.2, 0.25) is 5.88 Å². The lowest BCUT2D eigenvalue weighted by Crippen LogP contribution is -1.94. The van der Waals surface area contributed by atoms with Crippen LogP contribution in [0.15, 0.2) is 42.7 Å². The highest BCUT2D eigenvalue weighted by Crippen LogP contribution is 2.31. The van der Waals surface area contributed by atoms with Gasteiger partial charge in [-0.25, -0.2) is 14.4 Å². The largest absolute Gasteiger partial charge is 0.438 e. The fraction of sp³-hybridized carbons (Fsp3) is 0.176. The van der Waals surface area contributed by atoms with Crippen LogP contribution in [-0.2, 0) is 12.8 Å². The maximum absolute atomic E-state index is 13.7. The van der Waals surface area contributed by atoms with Gasteiger partial charge in [0.25, 0.3) is 0 Å². The van der Waals surface area contributed by atoms with Gasteiger partial charge >= 0.3 is 0 Å². The molecular formula is C17H13FN2O. The second-order valence-corrected chi connectivity index (χ2v) is 5.20. The van der Waals surface area contributed by atoms with Gasteiger partial charge in [-0.3, -0.25) is 0 Å². The molecule has 0 aliphatic heterocycles. The van der Waals surface area contributed by atoms with Crippen LogP contribution in [0.1, 0.15) is 17.5 Å². The second kappa shape index (κ2) is 4.81. The van der Waals surface area contributed by atoms with E-state index in [4.69, 9.17) is 4.74 Å². The minimum Gasteiger partial charge on any atom is -0.438 e. The number of nitrogens with zero attached hydrogens (tertiary/aromatic N) is 2. The molecule has 4 heteroatoms. The Balaban J connectivity index is 1.76. The maximum Gasteiger partial charge on any atom is 0.230 e. The first-order valence-corrected chi connectivity index (χ1v) is 7.00. The predicted molar refractivity (Wildman–Crippen MR) is 78.0 cm³/mol. The molecule has 0 saturated heterocycles. The molecule has 0 bridgehead atoms. The van der Waals surface area contributed by atoms with E-state index in [1.54, 1.807) is 12.1 Å². The van der Waals surface area contributed by atoms with Crippen molar-refractivity contribution in [2.45, 2.75) is 19.3 Å². The Morgan fingerprint density at radius 1 is 1.00 bits per heavy atom. The van der Waals surface area contributed by atoms with Gasteiger partial charge in [0, 0.05) is 0 Å². The van der Waals surface area contributed by atoms with Gasteiger partial charge in [0.05, 0.1) is 5.39 Å². The Hall–Kier alpha value is -2.49. The number of aryl methyl sites for hydroxylation is 2. The number of rotatable bonds is 2. The van der Waals surface area contributed by atoms with Crippen molar-refractivity contribution in [2.24, 2.45) is 0 Å². The lowest BCUT2D eigenvalue weighted by molar-refractivity contribution is 0.467. The van der Waals surface area contributed by atoms with Crippen molar-refractivity contribution >= 4 is 10.9 Å². The molecule has 3 nitrogen and oxygen atoms in total. The Morgan fingerprint density at radius 3 is 2.86 bits per heavy atom. The summed E-state index contributed by atoms with van der Waals surface area (Å²) in [5.41, 5.74) is 3.00. The molecule has 21 heavy (non-hydrogen) atoms. The summed E-state index contributed by atoms with van der Waals surface area (Å²) >= 11 is 0. The summed E-state index contributed by atoms with van der Waals surface area (Å²) in [7, 11) is 0.